The lowest BCUT2D eigenvalue weighted by Crippen LogP contribution is -2.36. The van der Waals surface area contributed by atoms with E-state index in [0.717, 1.165) is 12.2 Å². The Hall–Kier alpha value is -2.05. The molecular weight excluding hydrogens is 333 g/mol. The van der Waals surface area contributed by atoms with Gasteiger partial charge in [0.15, 0.2) is 0 Å². The molecule has 0 saturated heterocycles. The second-order valence-corrected chi connectivity index (χ2v) is 7.18. The van der Waals surface area contributed by atoms with Crippen molar-refractivity contribution in [3.05, 3.63) is 42.0 Å². The monoisotopic (exact) mass is 359 g/mol. The van der Waals surface area contributed by atoms with Gasteiger partial charge in [-0.15, -0.1) is 0 Å². The Morgan fingerprint density at radius 2 is 2.08 bits per heavy atom. The highest BCUT2D eigenvalue weighted by atomic mass is 19.1. The summed E-state index contributed by atoms with van der Waals surface area (Å²) >= 11 is 0. The van der Waals surface area contributed by atoms with Crippen molar-refractivity contribution in [3.8, 4) is 17.1 Å². The third kappa shape index (κ3) is 4.99. The molecule has 6 heteroatoms. The van der Waals surface area contributed by atoms with Gasteiger partial charge in [-0.2, -0.15) is 0 Å². The van der Waals surface area contributed by atoms with Crippen molar-refractivity contribution in [2.45, 2.75) is 39.3 Å². The molecule has 0 spiro atoms. The summed E-state index contributed by atoms with van der Waals surface area (Å²) in [5.41, 5.74) is 1.80. The molecule has 0 radical (unpaired) electrons. The quantitative estimate of drug-likeness (QED) is 0.720. The van der Waals surface area contributed by atoms with Crippen LogP contribution in [0.2, 0.25) is 0 Å². The molecule has 0 aromatic carbocycles. The van der Waals surface area contributed by atoms with Gasteiger partial charge >= 0.3 is 0 Å². The molecule has 1 saturated carbocycles. The van der Waals surface area contributed by atoms with Crippen LogP contribution in [0.5, 0.6) is 5.88 Å². The molecule has 26 heavy (non-hydrogen) atoms. The summed E-state index contributed by atoms with van der Waals surface area (Å²) < 4.78 is 19.7. The SMILES string of the molecule is CC(C)[C@H](CO)NCc1nc(-c2ccc(OCC3CC3)nc2)ccc1F. The molecule has 1 aliphatic rings. The zero-order valence-electron chi connectivity index (χ0n) is 15.3. The Bertz CT molecular complexity index is 717. The van der Waals surface area contributed by atoms with E-state index < -0.39 is 0 Å². The fourth-order valence-corrected chi connectivity index (χ4v) is 2.61. The molecule has 0 unspecified atom stereocenters. The molecule has 2 N–H and O–H groups in total. The maximum Gasteiger partial charge on any atom is 0.213 e. The van der Waals surface area contributed by atoms with Gasteiger partial charge in [0.1, 0.15) is 5.82 Å². The average molecular weight is 359 g/mol. The maximum atomic E-state index is 14.1. The minimum atomic E-state index is -0.362. The van der Waals surface area contributed by atoms with Crippen LogP contribution in [0.25, 0.3) is 11.3 Å². The van der Waals surface area contributed by atoms with E-state index in [1.807, 2.05) is 26.0 Å². The predicted molar refractivity (Wildman–Crippen MR) is 98.2 cm³/mol. The number of hydrogen-bond acceptors (Lipinski definition) is 5. The Morgan fingerprint density at radius 3 is 2.69 bits per heavy atom. The summed E-state index contributed by atoms with van der Waals surface area (Å²) in [6.07, 6.45) is 4.18. The van der Waals surface area contributed by atoms with Crippen LogP contribution in [0.15, 0.2) is 30.5 Å². The van der Waals surface area contributed by atoms with Gasteiger partial charge in [-0.1, -0.05) is 13.8 Å². The lowest BCUT2D eigenvalue weighted by molar-refractivity contribution is 0.209. The highest BCUT2D eigenvalue weighted by molar-refractivity contribution is 5.58. The Labute approximate surface area is 153 Å². The van der Waals surface area contributed by atoms with Crippen molar-refractivity contribution in [2.75, 3.05) is 13.2 Å². The summed E-state index contributed by atoms with van der Waals surface area (Å²) in [6.45, 7) is 5.00. The Balaban J connectivity index is 1.67. The summed E-state index contributed by atoms with van der Waals surface area (Å²) in [4.78, 5) is 8.73. The number of aliphatic hydroxyl groups excluding tert-OH is 1. The normalized spacial score (nSPS) is 15.3. The molecule has 140 valence electrons. The minimum absolute atomic E-state index is 0.00517. The smallest absolute Gasteiger partial charge is 0.213 e. The van der Waals surface area contributed by atoms with Gasteiger partial charge in [-0.05, 0) is 42.9 Å². The van der Waals surface area contributed by atoms with Gasteiger partial charge in [0.2, 0.25) is 5.88 Å². The number of nitrogens with one attached hydrogen (secondary N) is 1. The van der Waals surface area contributed by atoms with Crippen LogP contribution in [0.4, 0.5) is 4.39 Å². The van der Waals surface area contributed by atoms with E-state index in [4.69, 9.17) is 4.74 Å². The van der Waals surface area contributed by atoms with Crippen LogP contribution in [0, 0.1) is 17.7 Å². The number of halogens is 1. The van der Waals surface area contributed by atoms with Gasteiger partial charge in [0, 0.05) is 30.4 Å². The van der Waals surface area contributed by atoms with Gasteiger partial charge in [-0.25, -0.2) is 14.4 Å². The van der Waals surface area contributed by atoms with E-state index >= 15 is 0 Å². The zero-order valence-corrected chi connectivity index (χ0v) is 15.3. The highest BCUT2D eigenvalue weighted by Gasteiger charge is 2.22. The first kappa shape index (κ1) is 18.7. The van der Waals surface area contributed by atoms with Crippen molar-refractivity contribution >= 4 is 0 Å². The van der Waals surface area contributed by atoms with E-state index in [0.29, 0.717) is 23.2 Å². The number of pyridine rings is 2. The molecule has 1 fully saturated rings. The third-order valence-corrected chi connectivity index (χ3v) is 4.65. The topological polar surface area (TPSA) is 67.3 Å². The van der Waals surface area contributed by atoms with Gasteiger partial charge in [-0.3, -0.25) is 0 Å². The van der Waals surface area contributed by atoms with Crippen molar-refractivity contribution in [1.82, 2.24) is 15.3 Å². The molecule has 2 heterocycles. The molecule has 2 aromatic heterocycles. The third-order valence-electron chi connectivity index (χ3n) is 4.65. The Morgan fingerprint density at radius 1 is 1.27 bits per heavy atom. The summed E-state index contributed by atoms with van der Waals surface area (Å²) in [5, 5.41) is 12.5. The average Bonchev–Trinajstić information content (AvgIpc) is 3.46. The second-order valence-electron chi connectivity index (χ2n) is 7.18. The van der Waals surface area contributed by atoms with Crippen molar-refractivity contribution in [2.24, 2.45) is 11.8 Å². The molecule has 3 rings (SSSR count). The number of ether oxygens (including phenoxy) is 1. The van der Waals surface area contributed by atoms with Crippen LogP contribution in [-0.2, 0) is 6.54 Å². The highest BCUT2D eigenvalue weighted by Crippen LogP contribution is 2.29. The molecule has 0 amide bonds. The van der Waals surface area contributed by atoms with Crippen LogP contribution >= 0.6 is 0 Å². The largest absolute Gasteiger partial charge is 0.477 e. The van der Waals surface area contributed by atoms with Gasteiger partial charge in [0.25, 0.3) is 0 Å². The van der Waals surface area contributed by atoms with E-state index in [2.05, 4.69) is 15.3 Å². The molecule has 2 aromatic rings. The maximum absolute atomic E-state index is 14.1. The summed E-state index contributed by atoms with van der Waals surface area (Å²) in [5.74, 6) is 1.17. The molecule has 0 bridgehead atoms. The van der Waals surface area contributed by atoms with Crippen LogP contribution in [-0.4, -0.2) is 34.3 Å². The fourth-order valence-electron chi connectivity index (χ4n) is 2.61. The summed E-state index contributed by atoms with van der Waals surface area (Å²) in [7, 11) is 0. The molecular formula is C20H26FN3O2. The van der Waals surface area contributed by atoms with Crippen molar-refractivity contribution < 1.29 is 14.2 Å². The predicted octanol–water partition coefficient (Wildman–Crippen LogP) is 3.18. The second kappa shape index (κ2) is 8.56. The number of hydrogen-bond donors (Lipinski definition) is 2. The van der Waals surface area contributed by atoms with Crippen LogP contribution in [0.3, 0.4) is 0 Å². The zero-order chi connectivity index (χ0) is 18.5. The lowest BCUT2D eigenvalue weighted by atomic mass is 10.1. The first-order chi connectivity index (χ1) is 12.6. The van der Waals surface area contributed by atoms with E-state index in [-0.39, 0.29) is 30.9 Å². The molecule has 0 aliphatic heterocycles. The Kier molecular flexibility index (Phi) is 6.16. The van der Waals surface area contributed by atoms with Crippen molar-refractivity contribution in [1.29, 1.82) is 0 Å². The van der Waals surface area contributed by atoms with Crippen LogP contribution in [0.1, 0.15) is 32.4 Å². The first-order valence-corrected chi connectivity index (χ1v) is 9.15. The molecule has 1 aliphatic carbocycles. The van der Waals surface area contributed by atoms with Crippen LogP contribution < -0.4 is 10.1 Å². The number of nitrogens with zero attached hydrogens (tertiary/aromatic N) is 2. The standard InChI is InChI=1S/C20H26FN3O2/c1-13(2)19(11-25)22-10-18-16(21)6-7-17(24-18)15-5-8-20(23-9-15)26-12-14-3-4-14/h5-9,13-14,19,22,25H,3-4,10-12H2,1-2H3/t19-/m0/s1. The number of aromatic nitrogens is 2. The van der Waals surface area contributed by atoms with E-state index in [1.165, 1.54) is 18.9 Å². The number of rotatable bonds is 9. The lowest BCUT2D eigenvalue weighted by Gasteiger charge is -2.20. The van der Waals surface area contributed by atoms with E-state index in [9.17, 15) is 9.50 Å². The summed E-state index contributed by atoms with van der Waals surface area (Å²) in [6, 6.07) is 6.68. The molecule has 5 nitrogen and oxygen atoms in total. The minimum Gasteiger partial charge on any atom is -0.477 e. The fraction of sp³-hybridized carbons (Fsp3) is 0.500. The van der Waals surface area contributed by atoms with Crippen molar-refractivity contribution in [3.63, 3.8) is 0 Å². The molecule has 1 atom stereocenters. The van der Waals surface area contributed by atoms with Gasteiger partial charge < -0.3 is 15.2 Å². The van der Waals surface area contributed by atoms with Gasteiger partial charge in [0.05, 0.1) is 24.6 Å². The number of aliphatic hydroxyl groups is 1. The first-order valence-electron chi connectivity index (χ1n) is 9.15. The van der Waals surface area contributed by atoms with E-state index in [1.54, 1.807) is 12.3 Å².